The number of hydrogen-bond donors (Lipinski definition) is 1. The van der Waals surface area contributed by atoms with Gasteiger partial charge in [0.1, 0.15) is 5.54 Å². The van der Waals surface area contributed by atoms with Crippen molar-refractivity contribution in [3.8, 4) is 0 Å². The van der Waals surface area contributed by atoms with Crippen molar-refractivity contribution in [1.29, 1.82) is 0 Å². The van der Waals surface area contributed by atoms with Crippen molar-refractivity contribution in [2.45, 2.75) is 45.1 Å². The molecule has 1 aliphatic rings. The fourth-order valence-corrected chi connectivity index (χ4v) is 2.68. The van der Waals surface area contributed by atoms with Crippen LogP contribution in [0.3, 0.4) is 0 Å². The van der Waals surface area contributed by atoms with E-state index in [1.807, 2.05) is 37.3 Å². The topological polar surface area (TPSA) is 49.4 Å². The number of hydrogen-bond acceptors (Lipinski definition) is 2. The van der Waals surface area contributed by atoms with Gasteiger partial charge in [0.2, 0.25) is 0 Å². The zero-order chi connectivity index (χ0) is 14.6. The molecule has 1 aliphatic heterocycles. The van der Waals surface area contributed by atoms with Gasteiger partial charge in [-0.15, -0.1) is 0 Å². The van der Waals surface area contributed by atoms with Gasteiger partial charge in [0.25, 0.3) is 5.91 Å². The Morgan fingerprint density at radius 2 is 1.80 bits per heavy atom. The Kier molecular flexibility index (Phi) is 4.42. The highest BCUT2D eigenvalue weighted by Crippen LogP contribution is 2.32. The zero-order valence-corrected chi connectivity index (χ0v) is 12.2. The standard InChI is InChI=1S/C16H22N2O2/c1-3-4-5-9-12-18-15(20)17-14(19)16(18,2)13-10-7-6-8-11-13/h6-8,10-11H,3-5,9,12H2,1-2H3,(H,17,19,20). The molecule has 1 aromatic rings. The molecule has 20 heavy (non-hydrogen) atoms. The molecule has 1 saturated heterocycles. The Hall–Kier alpha value is -1.84. The van der Waals surface area contributed by atoms with E-state index in [0.29, 0.717) is 6.54 Å². The van der Waals surface area contributed by atoms with Crippen LogP contribution in [0.5, 0.6) is 0 Å². The van der Waals surface area contributed by atoms with Crippen molar-refractivity contribution in [2.75, 3.05) is 6.54 Å². The van der Waals surface area contributed by atoms with E-state index in [9.17, 15) is 9.59 Å². The molecule has 0 saturated carbocycles. The van der Waals surface area contributed by atoms with Crippen molar-refractivity contribution in [3.05, 3.63) is 35.9 Å². The lowest BCUT2D eigenvalue weighted by atomic mass is 9.90. The number of nitrogens with one attached hydrogen (secondary N) is 1. The van der Waals surface area contributed by atoms with E-state index in [1.54, 1.807) is 4.90 Å². The van der Waals surface area contributed by atoms with Crippen LogP contribution in [0.4, 0.5) is 4.79 Å². The van der Waals surface area contributed by atoms with Gasteiger partial charge in [0.05, 0.1) is 0 Å². The van der Waals surface area contributed by atoms with Crippen molar-refractivity contribution in [1.82, 2.24) is 10.2 Å². The van der Waals surface area contributed by atoms with E-state index in [4.69, 9.17) is 0 Å². The number of rotatable bonds is 6. The van der Waals surface area contributed by atoms with Crippen LogP contribution >= 0.6 is 0 Å². The summed E-state index contributed by atoms with van der Waals surface area (Å²) in [5.41, 5.74) is -0.0243. The second-order valence-electron chi connectivity index (χ2n) is 5.41. The largest absolute Gasteiger partial charge is 0.325 e. The molecule has 1 aromatic carbocycles. The molecular formula is C16H22N2O2. The second-order valence-corrected chi connectivity index (χ2v) is 5.41. The Morgan fingerprint density at radius 1 is 1.10 bits per heavy atom. The number of urea groups is 1. The summed E-state index contributed by atoms with van der Waals surface area (Å²) in [5.74, 6) is -0.232. The summed E-state index contributed by atoms with van der Waals surface area (Å²) in [4.78, 5) is 25.9. The van der Waals surface area contributed by atoms with Gasteiger partial charge in [-0.1, -0.05) is 56.5 Å². The molecule has 3 amide bonds. The minimum absolute atomic E-state index is 0.232. The van der Waals surface area contributed by atoms with E-state index in [1.165, 1.54) is 0 Å². The van der Waals surface area contributed by atoms with Crippen LogP contribution < -0.4 is 5.32 Å². The summed E-state index contributed by atoms with van der Waals surface area (Å²) in [5, 5.41) is 2.44. The van der Waals surface area contributed by atoms with Gasteiger partial charge in [0, 0.05) is 6.54 Å². The first-order chi connectivity index (χ1) is 9.60. The van der Waals surface area contributed by atoms with Crippen molar-refractivity contribution >= 4 is 11.9 Å². The van der Waals surface area contributed by atoms with Gasteiger partial charge < -0.3 is 4.90 Å². The predicted molar refractivity (Wildman–Crippen MR) is 78.2 cm³/mol. The van der Waals surface area contributed by atoms with Gasteiger partial charge in [-0.05, 0) is 18.9 Å². The smallest absolute Gasteiger partial charge is 0.306 e. The lowest BCUT2D eigenvalue weighted by molar-refractivity contribution is -0.126. The zero-order valence-electron chi connectivity index (χ0n) is 12.2. The molecule has 1 unspecified atom stereocenters. The van der Waals surface area contributed by atoms with Crippen LogP contribution in [-0.4, -0.2) is 23.4 Å². The molecular weight excluding hydrogens is 252 g/mol. The SMILES string of the molecule is CCCCCCN1C(=O)NC(=O)C1(C)c1ccccc1. The highest BCUT2D eigenvalue weighted by Gasteiger charge is 2.49. The second kappa shape index (κ2) is 6.07. The number of benzene rings is 1. The lowest BCUT2D eigenvalue weighted by Gasteiger charge is -2.32. The van der Waals surface area contributed by atoms with Crippen LogP contribution in [-0.2, 0) is 10.3 Å². The molecule has 4 nitrogen and oxygen atoms in total. The first kappa shape index (κ1) is 14.6. The fourth-order valence-electron chi connectivity index (χ4n) is 2.68. The average molecular weight is 274 g/mol. The van der Waals surface area contributed by atoms with Gasteiger partial charge in [0.15, 0.2) is 0 Å². The van der Waals surface area contributed by atoms with Gasteiger partial charge in [-0.25, -0.2) is 4.79 Å². The maximum absolute atomic E-state index is 12.2. The molecule has 108 valence electrons. The highest BCUT2D eigenvalue weighted by molar-refractivity contribution is 6.07. The third kappa shape index (κ3) is 2.55. The molecule has 2 rings (SSSR count). The van der Waals surface area contributed by atoms with E-state index in [0.717, 1.165) is 31.2 Å². The first-order valence-corrected chi connectivity index (χ1v) is 7.29. The van der Waals surface area contributed by atoms with Crippen molar-refractivity contribution in [3.63, 3.8) is 0 Å². The summed E-state index contributed by atoms with van der Waals surface area (Å²) in [6, 6.07) is 9.22. The van der Waals surface area contributed by atoms with Crippen molar-refractivity contribution in [2.24, 2.45) is 0 Å². The van der Waals surface area contributed by atoms with Gasteiger partial charge >= 0.3 is 6.03 Å². The number of carbonyl (C=O) groups excluding carboxylic acids is 2. The van der Waals surface area contributed by atoms with E-state index in [2.05, 4.69) is 12.2 Å². The highest BCUT2D eigenvalue weighted by atomic mass is 16.2. The summed E-state index contributed by atoms with van der Waals surface area (Å²) in [6.07, 6.45) is 4.32. The minimum atomic E-state index is -0.884. The molecule has 0 bridgehead atoms. The predicted octanol–water partition coefficient (Wildman–Crippen LogP) is 3.03. The minimum Gasteiger partial charge on any atom is -0.306 e. The maximum Gasteiger partial charge on any atom is 0.325 e. The number of nitrogens with zero attached hydrogens (tertiary/aromatic N) is 1. The van der Waals surface area contributed by atoms with E-state index < -0.39 is 5.54 Å². The first-order valence-electron chi connectivity index (χ1n) is 7.29. The lowest BCUT2D eigenvalue weighted by Crippen LogP contribution is -2.44. The summed E-state index contributed by atoms with van der Waals surface area (Å²) < 4.78 is 0. The fraction of sp³-hybridized carbons (Fsp3) is 0.500. The molecule has 1 fully saturated rings. The van der Waals surface area contributed by atoms with Crippen LogP contribution in [0.2, 0.25) is 0 Å². The molecule has 0 aliphatic carbocycles. The maximum atomic E-state index is 12.2. The Morgan fingerprint density at radius 3 is 2.45 bits per heavy atom. The van der Waals surface area contributed by atoms with E-state index >= 15 is 0 Å². The number of amides is 3. The average Bonchev–Trinajstić information content (AvgIpc) is 2.68. The molecule has 0 spiro atoms. The van der Waals surface area contributed by atoms with Crippen LogP contribution in [0.1, 0.15) is 45.1 Å². The molecule has 4 heteroatoms. The molecule has 0 radical (unpaired) electrons. The van der Waals surface area contributed by atoms with Crippen LogP contribution in [0.15, 0.2) is 30.3 Å². The summed E-state index contributed by atoms with van der Waals surface area (Å²) in [7, 11) is 0. The Bertz CT molecular complexity index is 487. The Balaban J connectivity index is 2.19. The molecule has 1 heterocycles. The molecule has 1 N–H and O–H groups in total. The normalized spacial score (nSPS) is 22.2. The molecule has 1 atom stereocenters. The Labute approximate surface area is 120 Å². The van der Waals surface area contributed by atoms with Crippen molar-refractivity contribution < 1.29 is 9.59 Å². The summed E-state index contributed by atoms with van der Waals surface area (Å²) >= 11 is 0. The van der Waals surface area contributed by atoms with E-state index in [-0.39, 0.29) is 11.9 Å². The summed E-state index contributed by atoms with van der Waals surface area (Å²) in [6.45, 7) is 4.59. The number of unbranched alkanes of at least 4 members (excludes halogenated alkanes) is 3. The molecule has 0 aromatic heterocycles. The third-order valence-electron chi connectivity index (χ3n) is 4.02. The number of imide groups is 1. The van der Waals surface area contributed by atoms with Crippen LogP contribution in [0, 0.1) is 0 Å². The third-order valence-corrected chi connectivity index (χ3v) is 4.02. The van der Waals surface area contributed by atoms with Gasteiger partial charge in [-0.3, -0.25) is 10.1 Å². The quantitative estimate of drug-likeness (QED) is 0.640. The van der Waals surface area contributed by atoms with Crippen LogP contribution in [0.25, 0.3) is 0 Å². The van der Waals surface area contributed by atoms with Gasteiger partial charge in [-0.2, -0.15) is 0 Å². The number of carbonyl (C=O) groups is 2. The monoisotopic (exact) mass is 274 g/mol.